The summed E-state index contributed by atoms with van der Waals surface area (Å²) < 4.78 is 0.795. The topological polar surface area (TPSA) is 75.4 Å². The number of benzene rings is 1. The Morgan fingerprint density at radius 3 is 2.72 bits per heavy atom. The van der Waals surface area contributed by atoms with Crippen LogP contribution in [-0.2, 0) is 4.79 Å². The molecule has 0 aromatic heterocycles. The zero-order chi connectivity index (χ0) is 13.7. The molecule has 0 radical (unpaired) electrons. The van der Waals surface area contributed by atoms with Crippen LogP contribution in [0, 0.1) is 11.8 Å². The van der Waals surface area contributed by atoms with Crippen molar-refractivity contribution in [3.8, 4) is 5.75 Å². The number of carbonyl (C=O) groups excluding carboxylic acids is 1. The number of hydrogen-bond acceptors (Lipinski definition) is 3. The van der Waals surface area contributed by atoms with E-state index in [0.717, 1.165) is 10.9 Å². The van der Waals surface area contributed by atoms with Gasteiger partial charge in [0.1, 0.15) is 5.75 Å². The van der Waals surface area contributed by atoms with Gasteiger partial charge in [-0.3, -0.25) is 4.79 Å². The van der Waals surface area contributed by atoms with Gasteiger partial charge in [0.15, 0.2) is 0 Å². The Morgan fingerprint density at radius 1 is 1.50 bits per heavy atom. The van der Waals surface area contributed by atoms with Crippen molar-refractivity contribution in [1.29, 1.82) is 0 Å². The molecule has 0 saturated carbocycles. The molecule has 1 amide bonds. The summed E-state index contributed by atoms with van der Waals surface area (Å²) in [5.41, 5.74) is 6.01. The molecule has 1 rings (SSSR count). The van der Waals surface area contributed by atoms with Crippen molar-refractivity contribution in [2.24, 2.45) is 17.6 Å². The molecule has 1 atom stereocenters. The van der Waals surface area contributed by atoms with Crippen LogP contribution in [0.3, 0.4) is 0 Å². The fourth-order valence-corrected chi connectivity index (χ4v) is 2.08. The van der Waals surface area contributed by atoms with Crippen molar-refractivity contribution < 1.29 is 9.90 Å². The number of anilines is 1. The third-order valence-electron chi connectivity index (χ3n) is 2.63. The highest BCUT2D eigenvalue weighted by Gasteiger charge is 2.19. The first kappa shape index (κ1) is 15.0. The predicted molar refractivity (Wildman–Crippen MR) is 76.4 cm³/mol. The van der Waals surface area contributed by atoms with Crippen LogP contribution in [0.25, 0.3) is 0 Å². The summed E-state index contributed by atoms with van der Waals surface area (Å²) in [7, 11) is 0. The zero-order valence-electron chi connectivity index (χ0n) is 10.6. The highest BCUT2D eigenvalue weighted by Crippen LogP contribution is 2.27. The highest BCUT2D eigenvalue weighted by molar-refractivity contribution is 9.10. The minimum Gasteiger partial charge on any atom is -0.506 e. The van der Waals surface area contributed by atoms with Crippen LogP contribution in [0.15, 0.2) is 22.7 Å². The average Bonchev–Trinajstić information content (AvgIpc) is 2.30. The SMILES string of the molecule is CC(C)CC(CN)C(=O)Nc1cc(Br)ccc1O. The number of rotatable bonds is 5. The summed E-state index contributed by atoms with van der Waals surface area (Å²) in [6.07, 6.45) is 0.733. The number of aromatic hydroxyl groups is 1. The molecule has 0 aliphatic heterocycles. The molecule has 1 aromatic rings. The van der Waals surface area contributed by atoms with Gasteiger partial charge in [-0.15, -0.1) is 0 Å². The first-order valence-corrected chi connectivity index (χ1v) is 6.72. The molecular weight excluding hydrogens is 296 g/mol. The second-order valence-electron chi connectivity index (χ2n) is 4.71. The molecule has 100 valence electrons. The van der Waals surface area contributed by atoms with E-state index in [0.29, 0.717) is 18.2 Å². The molecule has 5 heteroatoms. The highest BCUT2D eigenvalue weighted by atomic mass is 79.9. The molecular formula is C13H19BrN2O2. The van der Waals surface area contributed by atoms with E-state index in [1.165, 1.54) is 6.07 Å². The Balaban J connectivity index is 2.76. The quantitative estimate of drug-likeness (QED) is 0.731. The van der Waals surface area contributed by atoms with Crippen LogP contribution >= 0.6 is 15.9 Å². The number of phenols is 1. The third kappa shape index (κ3) is 4.31. The lowest BCUT2D eigenvalue weighted by molar-refractivity contribution is -0.120. The summed E-state index contributed by atoms with van der Waals surface area (Å²) in [4.78, 5) is 12.0. The molecule has 1 unspecified atom stereocenters. The van der Waals surface area contributed by atoms with Gasteiger partial charge >= 0.3 is 0 Å². The second-order valence-corrected chi connectivity index (χ2v) is 5.63. The summed E-state index contributed by atoms with van der Waals surface area (Å²) in [6, 6.07) is 4.90. The number of carbonyl (C=O) groups is 1. The monoisotopic (exact) mass is 314 g/mol. The summed E-state index contributed by atoms with van der Waals surface area (Å²) in [5, 5.41) is 12.4. The van der Waals surface area contributed by atoms with E-state index < -0.39 is 0 Å². The van der Waals surface area contributed by atoms with Crippen molar-refractivity contribution in [1.82, 2.24) is 0 Å². The molecule has 0 aliphatic rings. The standard InChI is InChI=1S/C13H19BrN2O2/c1-8(2)5-9(7-15)13(18)16-11-6-10(14)3-4-12(11)17/h3-4,6,8-9,17H,5,7,15H2,1-2H3,(H,16,18). The minimum atomic E-state index is -0.233. The number of halogens is 1. The maximum Gasteiger partial charge on any atom is 0.228 e. The fourth-order valence-electron chi connectivity index (χ4n) is 1.72. The van der Waals surface area contributed by atoms with Crippen LogP contribution in [0.5, 0.6) is 5.75 Å². The van der Waals surface area contributed by atoms with Gasteiger partial charge in [0, 0.05) is 11.0 Å². The number of nitrogens with two attached hydrogens (primary N) is 1. The van der Waals surface area contributed by atoms with Crippen LogP contribution in [0.1, 0.15) is 20.3 Å². The number of nitrogens with one attached hydrogen (secondary N) is 1. The van der Waals surface area contributed by atoms with Crippen LogP contribution < -0.4 is 11.1 Å². The van der Waals surface area contributed by atoms with E-state index in [4.69, 9.17) is 5.73 Å². The van der Waals surface area contributed by atoms with Gasteiger partial charge in [-0.2, -0.15) is 0 Å². The number of phenolic OH excluding ortho intramolecular Hbond substituents is 1. The van der Waals surface area contributed by atoms with Gasteiger partial charge in [0.2, 0.25) is 5.91 Å². The fraction of sp³-hybridized carbons (Fsp3) is 0.462. The van der Waals surface area contributed by atoms with Crippen molar-refractivity contribution in [2.75, 3.05) is 11.9 Å². The van der Waals surface area contributed by atoms with Crippen LogP contribution in [-0.4, -0.2) is 17.6 Å². The van der Waals surface area contributed by atoms with E-state index in [9.17, 15) is 9.90 Å². The van der Waals surface area contributed by atoms with Gasteiger partial charge in [0.25, 0.3) is 0 Å². The van der Waals surface area contributed by atoms with Crippen molar-refractivity contribution in [2.45, 2.75) is 20.3 Å². The van der Waals surface area contributed by atoms with Crippen LogP contribution in [0.4, 0.5) is 5.69 Å². The van der Waals surface area contributed by atoms with Crippen LogP contribution in [0.2, 0.25) is 0 Å². The van der Waals surface area contributed by atoms with Gasteiger partial charge in [-0.05, 0) is 30.5 Å². The van der Waals surface area contributed by atoms with E-state index in [1.807, 2.05) is 13.8 Å². The van der Waals surface area contributed by atoms with Crippen molar-refractivity contribution in [3.05, 3.63) is 22.7 Å². The molecule has 0 fully saturated rings. The maximum absolute atomic E-state index is 12.0. The third-order valence-corrected chi connectivity index (χ3v) is 3.12. The van der Waals surface area contributed by atoms with Gasteiger partial charge in [-0.25, -0.2) is 0 Å². The molecule has 0 aliphatic carbocycles. The number of hydrogen-bond donors (Lipinski definition) is 3. The smallest absolute Gasteiger partial charge is 0.228 e. The zero-order valence-corrected chi connectivity index (χ0v) is 12.2. The first-order chi connectivity index (χ1) is 8.43. The Morgan fingerprint density at radius 2 is 2.17 bits per heavy atom. The van der Waals surface area contributed by atoms with E-state index in [1.54, 1.807) is 12.1 Å². The average molecular weight is 315 g/mol. The Labute approximate surface area is 116 Å². The Hall–Kier alpha value is -1.07. The second kappa shape index (κ2) is 6.75. The predicted octanol–water partition coefficient (Wildman–Crippen LogP) is 2.71. The molecule has 0 saturated heterocycles. The summed E-state index contributed by atoms with van der Waals surface area (Å²) in [6.45, 7) is 4.40. The summed E-state index contributed by atoms with van der Waals surface area (Å²) in [5.74, 6) is 0.0651. The van der Waals surface area contributed by atoms with Crippen molar-refractivity contribution >= 4 is 27.5 Å². The molecule has 0 heterocycles. The lowest BCUT2D eigenvalue weighted by atomic mass is 9.96. The van der Waals surface area contributed by atoms with E-state index >= 15 is 0 Å². The normalized spacial score (nSPS) is 12.5. The summed E-state index contributed by atoms with van der Waals surface area (Å²) >= 11 is 3.29. The molecule has 18 heavy (non-hydrogen) atoms. The maximum atomic E-state index is 12.0. The Bertz CT molecular complexity index is 421. The molecule has 0 spiro atoms. The number of amides is 1. The molecule has 4 nitrogen and oxygen atoms in total. The van der Waals surface area contributed by atoms with Crippen molar-refractivity contribution in [3.63, 3.8) is 0 Å². The van der Waals surface area contributed by atoms with Gasteiger partial charge in [0.05, 0.1) is 11.6 Å². The van der Waals surface area contributed by atoms with Gasteiger partial charge in [-0.1, -0.05) is 29.8 Å². The largest absolute Gasteiger partial charge is 0.506 e. The molecule has 0 bridgehead atoms. The minimum absolute atomic E-state index is 0.0480. The van der Waals surface area contributed by atoms with Gasteiger partial charge < -0.3 is 16.2 Å². The Kier molecular flexibility index (Phi) is 5.62. The lowest BCUT2D eigenvalue weighted by Gasteiger charge is -2.17. The first-order valence-electron chi connectivity index (χ1n) is 5.93. The van der Waals surface area contributed by atoms with E-state index in [-0.39, 0.29) is 17.6 Å². The van der Waals surface area contributed by atoms with E-state index in [2.05, 4.69) is 21.2 Å². The molecule has 1 aromatic carbocycles. The molecule has 4 N–H and O–H groups in total. The lowest BCUT2D eigenvalue weighted by Crippen LogP contribution is -2.30.